The average Bonchev–Trinajstić information content (AvgIpc) is 2.19. The number of aromatic nitrogens is 2. The zero-order valence-electron chi connectivity index (χ0n) is 7.53. The van der Waals surface area contributed by atoms with Crippen LogP contribution in [0.2, 0.25) is 0 Å². The van der Waals surface area contributed by atoms with Crippen LogP contribution in [-0.4, -0.2) is 21.7 Å². The van der Waals surface area contributed by atoms with Crippen molar-refractivity contribution in [1.29, 1.82) is 0 Å². The molecule has 0 aliphatic heterocycles. The van der Waals surface area contributed by atoms with Gasteiger partial charge in [0.05, 0.1) is 17.2 Å². The quantitative estimate of drug-likeness (QED) is 0.722. The van der Waals surface area contributed by atoms with E-state index >= 15 is 0 Å². The molecule has 0 fully saturated rings. The molecule has 0 radical (unpaired) electrons. The fourth-order valence-corrected chi connectivity index (χ4v) is 1.37. The van der Waals surface area contributed by atoms with Gasteiger partial charge in [0.15, 0.2) is 0 Å². The molecule has 0 atom stereocenters. The first-order valence-electron chi connectivity index (χ1n) is 4.38. The fraction of sp³-hybridized carbons (Fsp3) is 0.200. The molecule has 14 heavy (non-hydrogen) atoms. The Morgan fingerprint density at radius 2 is 2.29 bits per heavy atom. The molecule has 0 bridgehead atoms. The first-order chi connectivity index (χ1) is 6.79. The molecule has 0 aliphatic carbocycles. The first-order valence-corrected chi connectivity index (χ1v) is 4.38. The zero-order chi connectivity index (χ0) is 9.97. The van der Waals surface area contributed by atoms with Crippen LogP contribution in [0.4, 0.5) is 0 Å². The van der Waals surface area contributed by atoms with Gasteiger partial charge >= 0.3 is 0 Å². The smallest absolute Gasteiger partial charge is 0.266 e. The summed E-state index contributed by atoms with van der Waals surface area (Å²) in [4.78, 5) is 17.6. The van der Waals surface area contributed by atoms with Gasteiger partial charge in [-0.05, 0) is 24.1 Å². The monoisotopic (exact) mass is 190 g/mol. The van der Waals surface area contributed by atoms with Gasteiger partial charge in [-0.2, -0.15) is 0 Å². The number of aromatic amines is 1. The van der Waals surface area contributed by atoms with E-state index in [4.69, 9.17) is 5.11 Å². The van der Waals surface area contributed by atoms with E-state index in [0.717, 1.165) is 16.6 Å². The Balaban J connectivity index is 2.56. The molecule has 4 nitrogen and oxygen atoms in total. The number of rotatable bonds is 2. The number of hydrogen-bond donors (Lipinski definition) is 2. The fourth-order valence-electron chi connectivity index (χ4n) is 1.37. The van der Waals surface area contributed by atoms with Gasteiger partial charge in [0.1, 0.15) is 0 Å². The van der Waals surface area contributed by atoms with Crippen molar-refractivity contribution in [2.24, 2.45) is 0 Å². The maximum atomic E-state index is 10.9. The van der Waals surface area contributed by atoms with Crippen LogP contribution < -0.4 is 5.56 Å². The van der Waals surface area contributed by atoms with Gasteiger partial charge in [0.25, 0.3) is 5.56 Å². The molecule has 2 N–H and O–H groups in total. The molecular formula is C10H10N2O2. The van der Waals surface area contributed by atoms with Crippen LogP contribution in [0.5, 0.6) is 0 Å². The molecule has 0 saturated carbocycles. The Kier molecular flexibility index (Phi) is 2.28. The minimum Gasteiger partial charge on any atom is -0.396 e. The SMILES string of the molecule is O=c1cnc2cc(CCO)ccc2[nH]1. The summed E-state index contributed by atoms with van der Waals surface area (Å²) in [6.07, 6.45) is 1.86. The van der Waals surface area contributed by atoms with Crippen molar-refractivity contribution < 1.29 is 5.11 Å². The van der Waals surface area contributed by atoms with E-state index in [1.165, 1.54) is 6.20 Å². The summed E-state index contributed by atoms with van der Waals surface area (Å²) >= 11 is 0. The van der Waals surface area contributed by atoms with Crippen molar-refractivity contribution in [1.82, 2.24) is 9.97 Å². The Hall–Kier alpha value is -1.68. The zero-order valence-corrected chi connectivity index (χ0v) is 7.53. The highest BCUT2D eigenvalue weighted by molar-refractivity contribution is 5.74. The van der Waals surface area contributed by atoms with Crippen LogP contribution in [0.1, 0.15) is 5.56 Å². The van der Waals surface area contributed by atoms with Gasteiger partial charge in [-0.15, -0.1) is 0 Å². The van der Waals surface area contributed by atoms with Crippen molar-refractivity contribution in [2.45, 2.75) is 6.42 Å². The second kappa shape index (κ2) is 3.59. The molecule has 0 amide bonds. The van der Waals surface area contributed by atoms with Gasteiger partial charge < -0.3 is 10.1 Å². The van der Waals surface area contributed by atoms with E-state index in [0.29, 0.717) is 6.42 Å². The van der Waals surface area contributed by atoms with Crippen molar-refractivity contribution >= 4 is 11.0 Å². The van der Waals surface area contributed by atoms with Crippen LogP contribution in [0.3, 0.4) is 0 Å². The molecule has 0 saturated heterocycles. The summed E-state index contributed by atoms with van der Waals surface area (Å²) in [7, 11) is 0. The first kappa shape index (κ1) is 8.90. The maximum Gasteiger partial charge on any atom is 0.266 e. The largest absolute Gasteiger partial charge is 0.396 e. The summed E-state index contributed by atoms with van der Waals surface area (Å²) in [5.74, 6) is 0. The highest BCUT2D eigenvalue weighted by Gasteiger charge is 1.97. The second-order valence-electron chi connectivity index (χ2n) is 3.07. The van der Waals surface area contributed by atoms with Crippen molar-refractivity contribution in [3.05, 3.63) is 40.3 Å². The number of nitrogens with one attached hydrogen (secondary N) is 1. The number of aliphatic hydroxyl groups excluding tert-OH is 1. The molecule has 4 heteroatoms. The van der Waals surface area contributed by atoms with Gasteiger partial charge in [0, 0.05) is 6.61 Å². The molecule has 0 aliphatic rings. The van der Waals surface area contributed by atoms with Gasteiger partial charge in [0.2, 0.25) is 0 Å². The van der Waals surface area contributed by atoms with Gasteiger partial charge in [-0.1, -0.05) is 6.07 Å². The number of nitrogens with zero attached hydrogens (tertiary/aromatic N) is 1. The molecule has 0 unspecified atom stereocenters. The molecule has 1 aromatic heterocycles. The highest BCUT2D eigenvalue weighted by Crippen LogP contribution is 2.09. The lowest BCUT2D eigenvalue weighted by Gasteiger charge is -2.00. The minimum absolute atomic E-state index is 0.120. The minimum atomic E-state index is -0.201. The van der Waals surface area contributed by atoms with E-state index in [-0.39, 0.29) is 12.2 Å². The third-order valence-corrected chi connectivity index (χ3v) is 2.04. The van der Waals surface area contributed by atoms with Crippen molar-refractivity contribution in [2.75, 3.05) is 6.61 Å². The Morgan fingerprint density at radius 1 is 1.43 bits per heavy atom. The number of H-pyrrole nitrogens is 1. The standard InChI is InChI=1S/C10H10N2O2/c13-4-3-7-1-2-8-9(5-7)11-6-10(14)12-8/h1-2,5-6,13H,3-4H2,(H,12,14). The van der Waals surface area contributed by atoms with Crippen molar-refractivity contribution in [3.8, 4) is 0 Å². The molecule has 2 aromatic rings. The number of benzene rings is 1. The lowest BCUT2D eigenvalue weighted by atomic mass is 10.1. The topological polar surface area (TPSA) is 66.0 Å². The summed E-state index contributed by atoms with van der Waals surface area (Å²) < 4.78 is 0. The summed E-state index contributed by atoms with van der Waals surface area (Å²) in [5.41, 5.74) is 2.28. The number of hydrogen-bond acceptors (Lipinski definition) is 3. The van der Waals surface area contributed by atoms with E-state index < -0.39 is 0 Å². The van der Waals surface area contributed by atoms with Gasteiger partial charge in [-0.3, -0.25) is 4.79 Å². The summed E-state index contributed by atoms with van der Waals surface area (Å²) in [6, 6.07) is 5.53. The van der Waals surface area contributed by atoms with Crippen molar-refractivity contribution in [3.63, 3.8) is 0 Å². The summed E-state index contributed by atoms with van der Waals surface area (Å²) in [6.45, 7) is 0.120. The molecule has 0 spiro atoms. The average molecular weight is 190 g/mol. The van der Waals surface area contributed by atoms with E-state index in [2.05, 4.69) is 9.97 Å². The molecule has 1 aromatic carbocycles. The molecule has 1 heterocycles. The number of aliphatic hydroxyl groups is 1. The van der Waals surface area contributed by atoms with Crippen LogP contribution in [-0.2, 0) is 6.42 Å². The third-order valence-electron chi connectivity index (χ3n) is 2.04. The molecule has 2 rings (SSSR count). The summed E-state index contributed by atoms with van der Waals surface area (Å²) in [5, 5.41) is 8.76. The predicted octanol–water partition coefficient (Wildman–Crippen LogP) is 0.458. The lowest BCUT2D eigenvalue weighted by molar-refractivity contribution is 0.299. The third kappa shape index (κ3) is 1.65. The van der Waals surface area contributed by atoms with Crippen LogP contribution in [0.15, 0.2) is 29.2 Å². The maximum absolute atomic E-state index is 10.9. The van der Waals surface area contributed by atoms with E-state index in [1.54, 1.807) is 6.07 Å². The van der Waals surface area contributed by atoms with Gasteiger partial charge in [-0.25, -0.2) is 4.98 Å². The Morgan fingerprint density at radius 3 is 3.07 bits per heavy atom. The Labute approximate surface area is 80.2 Å². The Bertz CT molecular complexity index is 505. The predicted molar refractivity (Wildman–Crippen MR) is 53.2 cm³/mol. The normalized spacial score (nSPS) is 10.6. The second-order valence-corrected chi connectivity index (χ2v) is 3.07. The van der Waals surface area contributed by atoms with E-state index in [1.807, 2.05) is 12.1 Å². The van der Waals surface area contributed by atoms with Crippen LogP contribution >= 0.6 is 0 Å². The highest BCUT2D eigenvalue weighted by atomic mass is 16.2. The van der Waals surface area contributed by atoms with Crippen LogP contribution in [0.25, 0.3) is 11.0 Å². The van der Waals surface area contributed by atoms with E-state index in [9.17, 15) is 4.79 Å². The van der Waals surface area contributed by atoms with Crippen LogP contribution in [0, 0.1) is 0 Å². The lowest BCUT2D eigenvalue weighted by Crippen LogP contribution is -2.05. The molecule has 72 valence electrons. The molecular weight excluding hydrogens is 180 g/mol. The number of fused-ring (bicyclic) bond motifs is 1.